The van der Waals surface area contributed by atoms with Crippen LogP contribution in [-0.4, -0.2) is 20.7 Å². The molecule has 1 aliphatic rings. The third kappa shape index (κ3) is 2.94. The number of benzene rings is 2. The Hall–Kier alpha value is -3.48. The van der Waals surface area contributed by atoms with Gasteiger partial charge in [0.1, 0.15) is 0 Å². The summed E-state index contributed by atoms with van der Waals surface area (Å²) < 4.78 is 6.28. The van der Waals surface area contributed by atoms with Gasteiger partial charge in [-0.15, -0.1) is 0 Å². The molecule has 1 aromatic heterocycles. The number of nitrogens with one attached hydrogen (secondary N) is 1. The number of Topliss-reactive ketones (excluding diaryl/α,β-unsaturated/α-hetero) is 1. The van der Waals surface area contributed by atoms with Gasteiger partial charge in [-0.2, -0.15) is 0 Å². The van der Waals surface area contributed by atoms with E-state index in [-0.39, 0.29) is 17.2 Å². The summed E-state index contributed by atoms with van der Waals surface area (Å²) in [5, 5.41) is 11.9. The molecule has 28 heavy (non-hydrogen) atoms. The number of ether oxygens (including phenoxy) is 1. The summed E-state index contributed by atoms with van der Waals surface area (Å²) in [6, 6.07) is 12.6. The number of ketones is 1. The summed E-state index contributed by atoms with van der Waals surface area (Å²) in [5.74, 6) is 0.593. The first-order valence-electron chi connectivity index (χ1n) is 9.08. The van der Waals surface area contributed by atoms with E-state index in [2.05, 4.69) is 9.97 Å². The summed E-state index contributed by atoms with van der Waals surface area (Å²) in [7, 11) is 0. The molecule has 0 fully saturated rings. The van der Waals surface area contributed by atoms with E-state index in [0.29, 0.717) is 36.2 Å². The van der Waals surface area contributed by atoms with Crippen molar-refractivity contribution in [3.05, 3.63) is 87.5 Å². The molecule has 142 valence electrons. The molecule has 4 rings (SSSR count). The van der Waals surface area contributed by atoms with E-state index in [9.17, 15) is 14.9 Å². The zero-order valence-electron chi connectivity index (χ0n) is 15.3. The molecule has 0 unspecified atom stereocenters. The van der Waals surface area contributed by atoms with Crippen molar-refractivity contribution in [3.63, 3.8) is 0 Å². The maximum absolute atomic E-state index is 12.2. The summed E-state index contributed by atoms with van der Waals surface area (Å²) in [6.07, 6.45) is 4.79. The molecule has 3 aromatic rings. The first-order chi connectivity index (χ1) is 13.5. The quantitative estimate of drug-likeness (QED) is 0.531. The number of carbonyl (C=O) groups is 1. The minimum Gasteiger partial charge on any atom is -0.468 e. The van der Waals surface area contributed by atoms with Crippen molar-refractivity contribution in [2.45, 2.75) is 31.8 Å². The van der Waals surface area contributed by atoms with Gasteiger partial charge in [-0.1, -0.05) is 30.3 Å². The number of aromatic amines is 1. The lowest BCUT2D eigenvalue weighted by molar-refractivity contribution is -0.387. The normalized spacial score (nSPS) is 15.5. The van der Waals surface area contributed by atoms with Crippen LogP contribution in [-0.2, 0) is 12.0 Å². The largest absolute Gasteiger partial charge is 0.468 e. The van der Waals surface area contributed by atoms with Crippen molar-refractivity contribution in [2.75, 3.05) is 0 Å². The molecule has 0 aliphatic heterocycles. The van der Waals surface area contributed by atoms with Crippen LogP contribution in [0.15, 0.2) is 54.9 Å². The first-order valence-corrected chi connectivity index (χ1v) is 9.08. The predicted molar refractivity (Wildman–Crippen MR) is 102 cm³/mol. The van der Waals surface area contributed by atoms with E-state index in [1.54, 1.807) is 18.5 Å². The van der Waals surface area contributed by atoms with Gasteiger partial charge >= 0.3 is 5.69 Å². The Kier molecular flexibility index (Phi) is 4.43. The third-order valence-electron chi connectivity index (χ3n) is 5.15. The molecule has 0 bridgehead atoms. The van der Waals surface area contributed by atoms with E-state index in [1.165, 1.54) is 6.07 Å². The Morgan fingerprint density at radius 2 is 1.96 bits per heavy atom. The Bertz CT molecular complexity index is 1030. The van der Waals surface area contributed by atoms with E-state index in [0.717, 1.165) is 5.56 Å². The second-order valence-corrected chi connectivity index (χ2v) is 6.91. The summed E-state index contributed by atoms with van der Waals surface area (Å²) in [5.41, 5.74) is 0.466. The van der Waals surface area contributed by atoms with E-state index in [1.807, 2.05) is 37.3 Å². The molecule has 1 atom stereocenters. The van der Waals surface area contributed by atoms with Crippen LogP contribution < -0.4 is 4.74 Å². The van der Waals surface area contributed by atoms with E-state index < -0.39 is 10.5 Å². The van der Waals surface area contributed by atoms with Crippen LogP contribution in [0.4, 0.5) is 5.69 Å². The van der Waals surface area contributed by atoms with Crippen LogP contribution in [0.5, 0.6) is 5.75 Å². The topological polar surface area (TPSA) is 98.1 Å². The van der Waals surface area contributed by atoms with Gasteiger partial charge in [0.25, 0.3) is 0 Å². The molecular formula is C21H19N3O4. The Labute approximate surface area is 161 Å². The van der Waals surface area contributed by atoms with Crippen molar-refractivity contribution in [1.82, 2.24) is 9.97 Å². The highest BCUT2D eigenvalue weighted by molar-refractivity contribution is 5.99. The van der Waals surface area contributed by atoms with Crippen molar-refractivity contribution >= 4 is 11.5 Å². The molecule has 2 aromatic carbocycles. The number of hydrogen-bond acceptors (Lipinski definition) is 5. The average molecular weight is 377 g/mol. The number of nitro benzene ring substituents is 1. The van der Waals surface area contributed by atoms with Crippen LogP contribution in [0.25, 0.3) is 0 Å². The van der Waals surface area contributed by atoms with Gasteiger partial charge in [0.2, 0.25) is 0 Å². The molecule has 0 radical (unpaired) electrons. The summed E-state index contributed by atoms with van der Waals surface area (Å²) in [4.78, 5) is 31.0. The number of carbonyl (C=O) groups excluding carboxylic acids is 1. The van der Waals surface area contributed by atoms with Crippen molar-refractivity contribution in [3.8, 4) is 5.75 Å². The molecule has 7 nitrogen and oxygen atoms in total. The number of hydrogen-bond donors (Lipinski definition) is 1. The second kappa shape index (κ2) is 6.92. The van der Waals surface area contributed by atoms with Crippen LogP contribution in [0.2, 0.25) is 0 Å². The smallest absolute Gasteiger partial charge is 0.314 e. The minimum absolute atomic E-state index is 0.0623. The number of H-pyrrole nitrogens is 1. The highest BCUT2D eigenvalue weighted by atomic mass is 16.6. The predicted octanol–water partition coefficient (Wildman–Crippen LogP) is 4.18. The van der Waals surface area contributed by atoms with Crippen LogP contribution in [0.1, 0.15) is 47.1 Å². The lowest BCUT2D eigenvalue weighted by Gasteiger charge is -2.30. The average Bonchev–Trinajstić information content (AvgIpc) is 3.24. The Morgan fingerprint density at radius 3 is 2.64 bits per heavy atom. The number of aromatic nitrogens is 2. The standard InChI is InChI=1S/C21H19N3O4/c1-21(20-22-12-13-23-20,14-6-3-2-4-7-14)28-18-11-10-15-16(19(18)24(26)27)8-5-9-17(15)25/h2-4,6-7,10-13H,5,8-9H2,1H3,(H,22,23)/t21-/m0/s1. The fraction of sp³-hybridized carbons (Fsp3) is 0.238. The summed E-state index contributed by atoms with van der Waals surface area (Å²) in [6.45, 7) is 1.81. The van der Waals surface area contributed by atoms with Gasteiger partial charge in [-0.25, -0.2) is 4.98 Å². The molecule has 0 amide bonds. The SMILES string of the molecule is C[C@](Oc1ccc2c(c1[N+](=O)[O-])CCCC2=O)(c1ccccc1)c1ncc[nH]1. The van der Waals surface area contributed by atoms with Gasteiger partial charge in [-0.05, 0) is 31.9 Å². The lowest BCUT2D eigenvalue weighted by atomic mass is 9.89. The van der Waals surface area contributed by atoms with Gasteiger partial charge in [-0.3, -0.25) is 14.9 Å². The molecular weight excluding hydrogens is 358 g/mol. The maximum atomic E-state index is 12.2. The third-order valence-corrected chi connectivity index (χ3v) is 5.15. The van der Waals surface area contributed by atoms with Crippen molar-refractivity contribution < 1.29 is 14.5 Å². The molecule has 1 N–H and O–H groups in total. The summed E-state index contributed by atoms with van der Waals surface area (Å²) >= 11 is 0. The fourth-order valence-electron chi connectivity index (χ4n) is 3.72. The second-order valence-electron chi connectivity index (χ2n) is 6.91. The van der Waals surface area contributed by atoms with Crippen molar-refractivity contribution in [2.24, 2.45) is 0 Å². The fourth-order valence-corrected chi connectivity index (χ4v) is 3.72. The minimum atomic E-state index is -1.07. The first kappa shape index (κ1) is 17.9. The highest BCUT2D eigenvalue weighted by Crippen LogP contribution is 2.41. The lowest BCUT2D eigenvalue weighted by Crippen LogP contribution is -2.32. The maximum Gasteiger partial charge on any atom is 0.314 e. The number of nitrogens with zero attached hydrogens (tertiary/aromatic N) is 2. The molecule has 7 heteroatoms. The molecule has 1 aliphatic carbocycles. The van der Waals surface area contributed by atoms with E-state index >= 15 is 0 Å². The van der Waals surface area contributed by atoms with Crippen LogP contribution in [0, 0.1) is 10.1 Å². The van der Waals surface area contributed by atoms with Crippen LogP contribution in [0.3, 0.4) is 0 Å². The zero-order valence-corrected chi connectivity index (χ0v) is 15.3. The van der Waals surface area contributed by atoms with Crippen molar-refractivity contribution in [1.29, 1.82) is 0 Å². The molecule has 0 saturated heterocycles. The van der Waals surface area contributed by atoms with Gasteiger partial charge < -0.3 is 9.72 Å². The van der Waals surface area contributed by atoms with Gasteiger partial charge in [0.15, 0.2) is 23.0 Å². The van der Waals surface area contributed by atoms with Gasteiger partial charge in [0, 0.05) is 35.5 Å². The Morgan fingerprint density at radius 1 is 1.18 bits per heavy atom. The number of rotatable bonds is 5. The monoisotopic (exact) mass is 377 g/mol. The van der Waals surface area contributed by atoms with E-state index in [4.69, 9.17) is 4.74 Å². The van der Waals surface area contributed by atoms with Crippen LogP contribution >= 0.6 is 0 Å². The van der Waals surface area contributed by atoms with Gasteiger partial charge in [0.05, 0.1) is 4.92 Å². The molecule has 0 spiro atoms. The number of imidazole rings is 1. The highest BCUT2D eigenvalue weighted by Gasteiger charge is 2.38. The molecule has 0 saturated carbocycles. The Balaban J connectivity index is 1.87. The zero-order chi connectivity index (χ0) is 19.7. The number of fused-ring (bicyclic) bond motifs is 1. The number of nitro groups is 1. The molecule has 1 heterocycles.